The topological polar surface area (TPSA) is 59.9 Å². The largest absolute Gasteiger partial charge is 0.372 e. The van der Waals surface area contributed by atoms with Gasteiger partial charge in [-0.25, -0.2) is 9.38 Å². The summed E-state index contributed by atoms with van der Waals surface area (Å²) in [4.78, 5) is 18.2. The molecule has 5 aromatic rings. The molecule has 5 nitrogen and oxygen atoms in total. The summed E-state index contributed by atoms with van der Waals surface area (Å²) in [6.07, 6.45) is -0.411. The number of benzene rings is 5. The van der Waals surface area contributed by atoms with Crippen LogP contribution in [0.15, 0.2) is 149 Å². The Morgan fingerprint density at radius 3 is 2.00 bits per heavy atom. The van der Waals surface area contributed by atoms with Crippen LogP contribution in [0.3, 0.4) is 0 Å². The summed E-state index contributed by atoms with van der Waals surface area (Å²) in [5, 5.41) is 3.40. The molecule has 0 radical (unpaired) electrons. The Morgan fingerprint density at radius 1 is 0.872 bits per heavy atom. The molecule has 0 bridgehead atoms. The molecule has 0 spiro atoms. The molecule has 2 aliphatic rings. The van der Waals surface area contributed by atoms with Gasteiger partial charge < -0.3 is 14.8 Å². The maximum absolute atomic E-state index is 15.7. The monoisotopic (exact) mass is 706 g/mol. The van der Waals surface area contributed by atoms with E-state index in [1.165, 1.54) is 17.8 Å². The van der Waals surface area contributed by atoms with Crippen molar-refractivity contribution in [3.8, 4) is 0 Å². The molecule has 3 atom stereocenters. The van der Waals surface area contributed by atoms with E-state index < -0.39 is 17.2 Å². The summed E-state index contributed by atoms with van der Waals surface area (Å²) < 4.78 is 30.2. The van der Waals surface area contributed by atoms with Gasteiger partial charge in [0.05, 0.1) is 19.3 Å². The lowest BCUT2D eigenvalue weighted by Gasteiger charge is -2.39. The Bertz CT molecular complexity index is 1780. The predicted molar refractivity (Wildman–Crippen MR) is 188 cm³/mol. The SMILES string of the molecule is O=C(NC1=N[C@@]2(c3cc(Br)ccc3F)CO[C@H](COC(c3ccccc3)(c3ccccc3)c3ccccc3)[C@H]2CS1)c1ccccc1. The Balaban J connectivity index is 1.27. The molecule has 2 aliphatic heterocycles. The number of nitrogens with zero attached hydrogens (tertiary/aromatic N) is 1. The second-order valence-electron chi connectivity index (χ2n) is 11.6. The van der Waals surface area contributed by atoms with E-state index in [9.17, 15) is 4.79 Å². The van der Waals surface area contributed by atoms with Crippen molar-refractivity contribution in [2.24, 2.45) is 10.9 Å². The minimum absolute atomic E-state index is 0.138. The molecule has 1 amide bonds. The number of carbonyl (C=O) groups excluding carboxylic acids is 1. The van der Waals surface area contributed by atoms with Crippen molar-refractivity contribution in [3.63, 3.8) is 0 Å². The van der Waals surface area contributed by atoms with Crippen LogP contribution in [-0.4, -0.2) is 36.1 Å². The van der Waals surface area contributed by atoms with Gasteiger partial charge in [-0.1, -0.05) is 137 Å². The van der Waals surface area contributed by atoms with E-state index in [0.717, 1.165) is 21.2 Å². The number of fused-ring (bicyclic) bond motifs is 1. The summed E-state index contributed by atoms with van der Waals surface area (Å²) >= 11 is 4.98. The molecule has 236 valence electrons. The van der Waals surface area contributed by atoms with Crippen LogP contribution in [0.25, 0.3) is 0 Å². The van der Waals surface area contributed by atoms with Crippen LogP contribution in [0.4, 0.5) is 4.39 Å². The molecule has 0 aromatic heterocycles. The van der Waals surface area contributed by atoms with Gasteiger partial charge >= 0.3 is 0 Å². The maximum atomic E-state index is 15.7. The third-order valence-electron chi connectivity index (χ3n) is 8.94. The normalized spacial score (nSPS) is 20.7. The van der Waals surface area contributed by atoms with Crippen LogP contribution in [0.2, 0.25) is 0 Å². The van der Waals surface area contributed by atoms with Gasteiger partial charge in [0.1, 0.15) is 17.0 Å². The van der Waals surface area contributed by atoms with Gasteiger partial charge in [-0.05, 0) is 47.0 Å². The van der Waals surface area contributed by atoms with Gasteiger partial charge in [0.15, 0.2) is 5.17 Å². The van der Waals surface area contributed by atoms with E-state index in [2.05, 4.69) is 57.6 Å². The smallest absolute Gasteiger partial charge is 0.257 e. The lowest BCUT2D eigenvalue weighted by Crippen LogP contribution is -2.46. The maximum Gasteiger partial charge on any atom is 0.257 e. The van der Waals surface area contributed by atoms with Crippen LogP contribution in [0.5, 0.6) is 0 Å². The first kappa shape index (κ1) is 31.5. The molecule has 0 aliphatic carbocycles. The number of carbonyl (C=O) groups is 1. The summed E-state index contributed by atoms with van der Waals surface area (Å²) in [7, 11) is 0. The standard InChI is InChI=1S/C39H32BrFN2O3S/c40-31-21-22-34(41)32(23-31)38-26-45-35(33(38)25-47-37(43-38)42-36(44)27-13-5-1-6-14-27)24-46-39(28-15-7-2-8-16-28,29-17-9-3-10-18-29)30-19-11-4-12-20-30/h1-23,33,35H,24-26H2,(H,42,43,44)/t33-,35-,38-/m1/s1. The first-order valence-electron chi connectivity index (χ1n) is 15.5. The fourth-order valence-electron chi connectivity index (χ4n) is 6.64. The van der Waals surface area contributed by atoms with Crippen molar-refractivity contribution in [1.82, 2.24) is 5.32 Å². The molecular formula is C39H32BrFN2O3S. The van der Waals surface area contributed by atoms with Crippen LogP contribution in [0, 0.1) is 11.7 Å². The van der Waals surface area contributed by atoms with Gasteiger partial charge in [-0.3, -0.25) is 4.79 Å². The van der Waals surface area contributed by atoms with Gasteiger partial charge in [0.2, 0.25) is 0 Å². The zero-order valence-electron chi connectivity index (χ0n) is 25.4. The molecule has 0 saturated carbocycles. The van der Waals surface area contributed by atoms with E-state index in [1.54, 1.807) is 24.3 Å². The third kappa shape index (κ3) is 6.07. The fourth-order valence-corrected chi connectivity index (χ4v) is 8.22. The van der Waals surface area contributed by atoms with Crippen molar-refractivity contribution in [1.29, 1.82) is 0 Å². The Morgan fingerprint density at radius 2 is 1.43 bits per heavy atom. The lowest BCUT2D eigenvalue weighted by molar-refractivity contribution is -0.0536. The van der Waals surface area contributed by atoms with Crippen LogP contribution in [-0.2, 0) is 20.6 Å². The first-order valence-corrected chi connectivity index (χ1v) is 17.2. The molecule has 1 saturated heterocycles. The van der Waals surface area contributed by atoms with E-state index in [-0.39, 0.29) is 30.9 Å². The minimum Gasteiger partial charge on any atom is -0.372 e. The van der Waals surface area contributed by atoms with Crippen LogP contribution >= 0.6 is 27.7 Å². The third-order valence-corrected chi connectivity index (χ3v) is 10.4. The van der Waals surface area contributed by atoms with E-state index in [1.807, 2.05) is 72.8 Å². The second kappa shape index (κ2) is 13.6. The molecule has 1 fully saturated rings. The number of halogens is 2. The number of hydrogen-bond acceptors (Lipinski definition) is 5. The first-order chi connectivity index (χ1) is 23.0. The highest BCUT2D eigenvalue weighted by atomic mass is 79.9. The quantitative estimate of drug-likeness (QED) is 0.165. The van der Waals surface area contributed by atoms with E-state index >= 15 is 4.39 Å². The van der Waals surface area contributed by atoms with Crippen LogP contribution < -0.4 is 5.32 Å². The van der Waals surface area contributed by atoms with E-state index in [0.29, 0.717) is 22.0 Å². The molecule has 47 heavy (non-hydrogen) atoms. The molecule has 2 heterocycles. The lowest BCUT2D eigenvalue weighted by atomic mass is 9.78. The number of hydrogen-bond donors (Lipinski definition) is 1. The average Bonchev–Trinajstić information content (AvgIpc) is 3.50. The summed E-state index contributed by atoms with van der Waals surface area (Å²) in [6.45, 7) is 0.363. The molecule has 7 rings (SSSR count). The Kier molecular flexibility index (Phi) is 9.10. The van der Waals surface area contributed by atoms with Crippen molar-refractivity contribution in [3.05, 3.63) is 178 Å². The number of amides is 1. The average molecular weight is 708 g/mol. The Labute approximate surface area is 286 Å². The van der Waals surface area contributed by atoms with E-state index in [4.69, 9.17) is 14.5 Å². The number of amidine groups is 1. The molecular weight excluding hydrogens is 675 g/mol. The zero-order valence-corrected chi connectivity index (χ0v) is 27.8. The second-order valence-corrected chi connectivity index (χ2v) is 13.6. The fraction of sp³-hybridized carbons (Fsp3) is 0.179. The number of nitrogens with one attached hydrogen (secondary N) is 1. The number of aliphatic imine (C=N–C) groups is 1. The van der Waals surface area contributed by atoms with Gasteiger partial charge in [-0.2, -0.15) is 0 Å². The molecule has 8 heteroatoms. The van der Waals surface area contributed by atoms with Crippen molar-refractivity contribution >= 4 is 38.8 Å². The number of ether oxygens (including phenoxy) is 2. The van der Waals surface area contributed by atoms with Gasteiger partial charge in [0.25, 0.3) is 5.91 Å². The predicted octanol–water partition coefficient (Wildman–Crippen LogP) is 8.34. The minimum atomic E-state index is -1.07. The highest BCUT2D eigenvalue weighted by molar-refractivity contribution is 9.10. The Hall–Kier alpha value is -4.08. The zero-order chi connectivity index (χ0) is 32.3. The number of rotatable bonds is 8. The molecule has 0 unspecified atom stereocenters. The summed E-state index contributed by atoms with van der Waals surface area (Å²) in [6, 6.07) is 44.5. The summed E-state index contributed by atoms with van der Waals surface area (Å²) in [5.74, 6) is -0.339. The molecule has 5 aromatic carbocycles. The highest BCUT2D eigenvalue weighted by Gasteiger charge is 2.55. The van der Waals surface area contributed by atoms with Gasteiger partial charge in [-0.15, -0.1) is 0 Å². The highest BCUT2D eigenvalue weighted by Crippen LogP contribution is 2.50. The van der Waals surface area contributed by atoms with Gasteiger partial charge in [0, 0.05) is 27.3 Å². The van der Waals surface area contributed by atoms with Crippen LogP contribution in [0.1, 0.15) is 32.6 Å². The molecule has 1 N–H and O–H groups in total. The van der Waals surface area contributed by atoms with Crippen molar-refractivity contribution < 1.29 is 18.7 Å². The summed E-state index contributed by atoms with van der Waals surface area (Å²) in [5.41, 5.74) is 1.91. The van der Waals surface area contributed by atoms with Crippen molar-refractivity contribution in [2.75, 3.05) is 19.0 Å². The number of thioether (sulfide) groups is 1. The van der Waals surface area contributed by atoms with Crippen molar-refractivity contribution in [2.45, 2.75) is 17.2 Å².